The van der Waals surface area contributed by atoms with Crippen molar-refractivity contribution in [1.82, 2.24) is 5.32 Å². The van der Waals surface area contributed by atoms with Gasteiger partial charge in [0.25, 0.3) is 0 Å². The lowest BCUT2D eigenvalue weighted by Crippen LogP contribution is -2.40. The molecule has 1 amide bonds. The molecule has 0 unspecified atom stereocenters. The van der Waals surface area contributed by atoms with Crippen molar-refractivity contribution >= 4 is 6.09 Å². The molecule has 0 aromatic heterocycles. The van der Waals surface area contributed by atoms with Gasteiger partial charge in [-0.1, -0.05) is 48.5 Å². The average Bonchev–Trinajstić information content (AvgIpc) is 3.18. The topological polar surface area (TPSA) is 82.4 Å². The Morgan fingerprint density at radius 3 is 2.31 bits per heavy atom. The Labute approximate surface area is 152 Å². The van der Waals surface area contributed by atoms with Crippen LogP contribution >= 0.6 is 0 Å². The Balaban J connectivity index is 1.44. The smallest absolute Gasteiger partial charge is 0.407 e. The number of benzene rings is 2. The Bertz CT molecular complexity index is 828. The summed E-state index contributed by atoms with van der Waals surface area (Å²) in [5.41, 5.74) is 4.68. The minimum absolute atomic E-state index is 0.00788. The van der Waals surface area contributed by atoms with Crippen molar-refractivity contribution in [2.75, 3.05) is 6.61 Å². The summed E-state index contributed by atoms with van der Waals surface area (Å²) in [6.45, 7) is 0.240. The van der Waals surface area contributed by atoms with E-state index < -0.39 is 18.2 Å². The Kier molecular flexibility index (Phi) is 4.36. The van der Waals surface area contributed by atoms with Gasteiger partial charge in [0.15, 0.2) is 0 Å². The molecule has 3 atom stereocenters. The summed E-state index contributed by atoms with van der Waals surface area (Å²) < 4.78 is 5.47. The molecule has 0 bridgehead atoms. The molecule has 2 N–H and O–H groups in total. The molecule has 0 saturated heterocycles. The Morgan fingerprint density at radius 2 is 1.73 bits per heavy atom. The molecule has 5 heteroatoms. The lowest BCUT2D eigenvalue weighted by atomic mass is 9.98. The fraction of sp³-hybridized carbons (Fsp3) is 0.333. The number of alkyl carbamates (subject to hydrolysis) is 1. The minimum Gasteiger partial charge on any atom is -0.449 e. The molecule has 0 heterocycles. The third-order valence-corrected chi connectivity index (χ3v) is 5.36. The van der Waals surface area contributed by atoms with Crippen LogP contribution in [0.15, 0.2) is 48.5 Å². The van der Waals surface area contributed by atoms with Gasteiger partial charge in [-0.25, -0.2) is 4.79 Å². The number of nitriles is 1. The highest BCUT2D eigenvalue weighted by molar-refractivity contribution is 5.79. The SMILES string of the molecule is N#C[C@@H]1C[C@H](NC(=O)OCC2c3ccccc3-c3ccccc32)[C@@H](O)C1. The van der Waals surface area contributed by atoms with Gasteiger partial charge in [0.1, 0.15) is 6.61 Å². The Morgan fingerprint density at radius 1 is 1.12 bits per heavy atom. The van der Waals surface area contributed by atoms with Gasteiger partial charge >= 0.3 is 6.09 Å². The van der Waals surface area contributed by atoms with Crippen LogP contribution in [0, 0.1) is 17.2 Å². The van der Waals surface area contributed by atoms with Gasteiger partial charge in [-0.05, 0) is 35.1 Å². The van der Waals surface area contributed by atoms with Crippen LogP contribution in [-0.2, 0) is 4.74 Å². The molecule has 0 spiro atoms. The first-order valence-electron chi connectivity index (χ1n) is 8.86. The first kappa shape index (κ1) is 16.6. The zero-order valence-electron chi connectivity index (χ0n) is 14.3. The van der Waals surface area contributed by atoms with Crippen molar-refractivity contribution in [1.29, 1.82) is 5.26 Å². The molecule has 2 aromatic carbocycles. The van der Waals surface area contributed by atoms with Crippen molar-refractivity contribution in [3.63, 3.8) is 0 Å². The van der Waals surface area contributed by atoms with E-state index >= 15 is 0 Å². The van der Waals surface area contributed by atoms with Gasteiger partial charge < -0.3 is 15.2 Å². The van der Waals surface area contributed by atoms with Crippen LogP contribution in [0.25, 0.3) is 11.1 Å². The second kappa shape index (κ2) is 6.81. The molecular formula is C21H20N2O3. The van der Waals surface area contributed by atoms with E-state index in [1.807, 2.05) is 24.3 Å². The zero-order valence-corrected chi connectivity index (χ0v) is 14.3. The molecule has 2 aromatic rings. The summed E-state index contributed by atoms with van der Waals surface area (Å²) in [7, 11) is 0. The number of hydrogen-bond donors (Lipinski definition) is 2. The molecule has 0 aliphatic heterocycles. The number of carbonyl (C=O) groups excluding carboxylic acids is 1. The molecule has 0 radical (unpaired) electrons. The molecule has 2 aliphatic rings. The van der Waals surface area contributed by atoms with Crippen LogP contribution in [-0.4, -0.2) is 30.0 Å². The third kappa shape index (κ3) is 2.93. The van der Waals surface area contributed by atoms with Crippen LogP contribution in [0.4, 0.5) is 4.79 Å². The zero-order chi connectivity index (χ0) is 18.1. The lowest BCUT2D eigenvalue weighted by Gasteiger charge is -2.18. The molecule has 2 aliphatic carbocycles. The summed E-state index contributed by atoms with van der Waals surface area (Å²) >= 11 is 0. The first-order valence-corrected chi connectivity index (χ1v) is 8.86. The van der Waals surface area contributed by atoms with Gasteiger partial charge in [-0.3, -0.25) is 0 Å². The van der Waals surface area contributed by atoms with E-state index in [2.05, 4.69) is 35.7 Å². The number of amides is 1. The molecule has 132 valence electrons. The number of ether oxygens (including phenoxy) is 1. The highest BCUT2D eigenvalue weighted by Crippen LogP contribution is 2.44. The van der Waals surface area contributed by atoms with Crippen molar-refractivity contribution < 1.29 is 14.6 Å². The van der Waals surface area contributed by atoms with E-state index in [1.165, 1.54) is 11.1 Å². The van der Waals surface area contributed by atoms with E-state index in [-0.39, 0.29) is 18.4 Å². The summed E-state index contributed by atoms with van der Waals surface area (Å²) in [5, 5.41) is 21.6. The number of nitrogens with one attached hydrogen (secondary N) is 1. The van der Waals surface area contributed by atoms with E-state index in [1.54, 1.807) is 0 Å². The number of nitrogens with zero attached hydrogens (tertiary/aromatic N) is 1. The summed E-state index contributed by atoms with van der Waals surface area (Å²) in [6, 6.07) is 18.1. The van der Waals surface area contributed by atoms with Crippen LogP contribution in [0.2, 0.25) is 0 Å². The van der Waals surface area contributed by atoms with Gasteiger partial charge in [-0.15, -0.1) is 0 Å². The van der Waals surface area contributed by atoms with Crippen LogP contribution in [0.3, 0.4) is 0 Å². The standard InChI is InChI=1S/C21H20N2O3/c22-11-13-9-19(20(24)10-13)23-21(25)26-12-18-16-7-3-1-5-14(16)15-6-2-4-8-17(15)18/h1-8,13,18-20,24H,9-10,12H2,(H,23,25)/t13-,19+,20+/m1/s1. The van der Waals surface area contributed by atoms with E-state index in [4.69, 9.17) is 10.00 Å². The van der Waals surface area contributed by atoms with Gasteiger partial charge in [0.05, 0.1) is 24.1 Å². The maximum absolute atomic E-state index is 12.2. The maximum Gasteiger partial charge on any atom is 0.407 e. The van der Waals surface area contributed by atoms with E-state index in [9.17, 15) is 9.90 Å². The predicted octanol–water partition coefficient (Wildman–Crippen LogP) is 3.19. The van der Waals surface area contributed by atoms with Gasteiger partial charge in [-0.2, -0.15) is 5.26 Å². The number of rotatable bonds is 3. The largest absolute Gasteiger partial charge is 0.449 e. The average molecular weight is 348 g/mol. The monoisotopic (exact) mass is 348 g/mol. The van der Waals surface area contributed by atoms with Crippen molar-refractivity contribution in [2.45, 2.75) is 30.9 Å². The summed E-state index contributed by atoms with van der Waals surface area (Å²) in [6.07, 6.45) is -0.387. The van der Waals surface area contributed by atoms with Crippen molar-refractivity contribution in [3.05, 3.63) is 59.7 Å². The summed E-state index contributed by atoms with van der Waals surface area (Å²) in [4.78, 5) is 12.2. The number of hydrogen-bond acceptors (Lipinski definition) is 4. The van der Waals surface area contributed by atoms with Crippen LogP contribution in [0.5, 0.6) is 0 Å². The molecular weight excluding hydrogens is 328 g/mol. The fourth-order valence-electron chi connectivity index (χ4n) is 4.07. The fourth-order valence-corrected chi connectivity index (χ4v) is 4.07. The molecule has 1 fully saturated rings. The van der Waals surface area contributed by atoms with Crippen LogP contribution in [0.1, 0.15) is 29.9 Å². The summed E-state index contributed by atoms with van der Waals surface area (Å²) in [5.74, 6) is -0.211. The van der Waals surface area contributed by atoms with E-state index in [0.717, 1.165) is 11.1 Å². The second-order valence-corrected chi connectivity index (χ2v) is 6.94. The second-order valence-electron chi connectivity index (χ2n) is 6.94. The molecule has 26 heavy (non-hydrogen) atoms. The Hall–Kier alpha value is -2.84. The molecule has 5 nitrogen and oxygen atoms in total. The third-order valence-electron chi connectivity index (χ3n) is 5.36. The minimum atomic E-state index is -0.694. The number of fused-ring (bicyclic) bond motifs is 3. The predicted molar refractivity (Wildman–Crippen MR) is 96.3 cm³/mol. The highest BCUT2D eigenvalue weighted by atomic mass is 16.5. The van der Waals surface area contributed by atoms with Crippen LogP contribution < -0.4 is 5.32 Å². The highest BCUT2D eigenvalue weighted by Gasteiger charge is 2.35. The molecule has 1 saturated carbocycles. The van der Waals surface area contributed by atoms with Crippen molar-refractivity contribution in [3.8, 4) is 17.2 Å². The number of aliphatic hydroxyl groups excluding tert-OH is 1. The van der Waals surface area contributed by atoms with Gasteiger partial charge in [0.2, 0.25) is 0 Å². The van der Waals surface area contributed by atoms with E-state index in [0.29, 0.717) is 12.8 Å². The normalized spacial score (nSPS) is 23.8. The molecule has 4 rings (SSSR count). The number of aliphatic hydroxyl groups is 1. The first-order chi connectivity index (χ1) is 12.7. The quantitative estimate of drug-likeness (QED) is 0.892. The lowest BCUT2D eigenvalue weighted by molar-refractivity contribution is 0.115. The van der Waals surface area contributed by atoms with Crippen molar-refractivity contribution in [2.24, 2.45) is 5.92 Å². The van der Waals surface area contributed by atoms with Gasteiger partial charge in [0, 0.05) is 5.92 Å². The number of carbonyl (C=O) groups is 1. The maximum atomic E-state index is 12.2.